The molecule has 0 spiro atoms. The van der Waals surface area contributed by atoms with Gasteiger partial charge < -0.3 is 24.4 Å². The number of carbonyl (C=O) groups excluding carboxylic acids is 2. The molecule has 0 aliphatic carbocycles. The van der Waals surface area contributed by atoms with E-state index in [1.165, 1.54) is 0 Å². The largest absolute Gasteiger partial charge is 1.00 e. The molecule has 20 heavy (non-hydrogen) atoms. The zero-order valence-corrected chi connectivity index (χ0v) is 17.9. The number of rotatable bonds is 10. The monoisotopic (exact) mass is 322 g/mol. The van der Waals surface area contributed by atoms with Gasteiger partial charge in [-0.2, -0.15) is 0 Å². The molecule has 0 amide bonds. The Hall–Kier alpha value is 1.17. The molecule has 1 atom stereocenters. The molecule has 0 aromatic heterocycles. The molecule has 0 saturated heterocycles. The van der Waals surface area contributed by atoms with Gasteiger partial charge in [0.15, 0.2) is 0 Å². The molecule has 0 aromatic rings. The van der Waals surface area contributed by atoms with Crippen LogP contribution >= 0.6 is 7.14 Å². The Bertz CT molecular complexity index is 324. The summed E-state index contributed by atoms with van der Waals surface area (Å²) in [6.45, 7) is 3.83. The second-order valence-corrected chi connectivity index (χ2v) is 7.94. The molecule has 0 rings (SSSR count). The molecule has 0 aliphatic rings. The second-order valence-electron chi connectivity index (χ2n) is 4.52. The fraction of sp³-hybridized carbons (Fsp3) is 0.833. The molecule has 0 radical (unpaired) electrons. The van der Waals surface area contributed by atoms with Crippen molar-refractivity contribution in [3.8, 4) is 0 Å². The van der Waals surface area contributed by atoms with Gasteiger partial charge in [0.1, 0.15) is 0 Å². The summed E-state index contributed by atoms with van der Waals surface area (Å²) < 4.78 is 12.7. The zero-order chi connectivity index (χ0) is 14.2. The third-order valence-electron chi connectivity index (χ3n) is 2.98. The smallest absolute Gasteiger partial charge is 0.550 e. The molecule has 5 nitrogen and oxygen atoms in total. The van der Waals surface area contributed by atoms with Gasteiger partial charge in [0.2, 0.25) is 0 Å². The van der Waals surface area contributed by atoms with Gasteiger partial charge in [0, 0.05) is 24.7 Å². The number of hydrogen-bond acceptors (Lipinski definition) is 5. The topological polar surface area (TPSA) is 97.3 Å². The van der Waals surface area contributed by atoms with E-state index < -0.39 is 31.2 Å². The van der Waals surface area contributed by atoms with E-state index in [9.17, 15) is 24.4 Å². The predicted molar refractivity (Wildman–Crippen MR) is 65.6 cm³/mol. The van der Waals surface area contributed by atoms with E-state index in [0.29, 0.717) is 12.8 Å². The van der Waals surface area contributed by atoms with Crippen LogP contribution in [0.1, 0.15) is 46.0 Å². The van der Waals surface area contributed by atoms with Crippen molar-refractivity contribution in [1.29, 1.82) is 0 Å². The summed E-state index contributed by atoms with van der Waals surface area (Å²) in [5, 5.41) is 21.6. The van der Waals surface area contributed by atoms with E-state index >= 15 is 0 Å². The van der Waals surface area contributed by atoms with Crippen molar-refractivity contribution >= 4 is 19.1 Å². The van der Waals surface area contributed by atoms with Crippen LogP contribution in [0.15, 0.2) is 0 Å². The first-order valence-corrected chi connectivity index (χ1v) is 8.50. The summed E-state index contributed by atoms with van der Waals surface area (Å²) in [7, 11) is -3.06. The van der Waals surface area contributed by atoms with Crippen molar-refractivity contribution in [2.45, 2.75) is 51.6 Å². The molecule has 106 valence electrons. The molecule has 0 aliphatic heterocycles. The first kappa shape index (κ1) is 26.1. The van der Waals surface area contributed by atoms with Gasteiger partial charge in [-0.25, -0.2) is 0 Å². The van der Waals surface area contributed by atoms with Crippen LogP contribution in [0.3, 0.4) is 0 Å². The van der Waals surface area contributed by atoms with Gasteiger partial charge in [-0.15, -0.1) is 0 Å². The van der Waals surface area contributed by atoms with Gasteiger partial charge in [-0.05, 0) is 12.8 Å². The molecule has 0 fully saturated rings. The Morgan fingerprint density at radius 3 is 1.65 bits per heavy atom. The molecular weight excluding hydrogens is 301 g/mol. The maximum atomic E-state index is 12.7. The predicted octanol–water partition coefficient (Wildman–Crippen LogP) is -5.78. The minimum atomic E-state index is -3.06. The van der Waals surface area contributed by atoms with Crippen LogP contribution in [0.5, 0.6) is 0 Å². The van der Waals surface area contributed by atoms with E-state index in [-0.39, 0.29) is 71.4 Å². The number of hydrogen-bond donors (Lipinski definition) is 0. The number of aliphatic carboxylic acids is 2. The Morgan fingerprint density at radius 1 is 1.00 bits per heavy atom. The van der Waals surface area contributed by atoms with E-state index in [4.69, 9.17) is 0 Å². The quantitative estimate of drug-likeness (QED) is 0.295. The van der Waals surface area contributed by atoms with Crippen molar-refractivity contribution in [2.75, 3.05) is 12.3 Å². The maximum absolute atomic E-state index is 12.7. The van der Waals surface area contributed by atoms with Crippen LogP contribution in [0.4, 0.5) is 0 Å². The third kappa shape index (κ3) is 9.99. The molecule has 0 saturated carbocycles. The maximum Gasteiger partial charge on any atom is 1.00 e. The second kappa shape index (κ2) is 13.8. The average molecular weight is 322 g/mol. The number of carboxylic acid groups (broad SMARTS) is 2. The SMILES string of the molecule is CCCCP(=O)(CCCC)C(CC(=O)[O-])C(=O)[O-].[Na+].[Na+]. The van der Waals surface area contributed by atoms with Crippen LogP contribution in [-0.2, 0) is 14.2 Å². The summed E-state index contributed by atoms with van der Waals surface area (Å²) in [4.78, 5) is 21.6. The molecule has 1 unspecified atom stereocenters. The van der Waals surface area contributed by atoms with Crippen molar-refractivity contribution in [1.82, 2.24) is 0 Å². The minimum absolute atomic E-state index is 0. The zero-order valence-electron chi connectivity index (χ0n) is 13.0. The molecule has 0 bridgehead atoms. The number of carboxylic acids is 2. The minimum Gasteiger partial charge on any atom is -0.550 e. The van der Waals surface area contributed by atoms with Crippen LogP contribution in [0.2, 0.25) is 0 Å². The van der Waals surface area contributed by atoms with Gasteiger partial charge >= 0.3 is 59.1 Å². The molecule has 0 N–H and O–H groups in total. The van der Waals surface area contributed by atoms with Gasteiger partial charge in [0.25, 0.3) is 0 Å². The van der Waals surface area contributed by atoms with Crippen LogP contribution in [0, 0.1) is 0 Å². The van der Waals surface area contributed by atoms with Crippen molar-refractivity contribution < 1.29 is 83.5 Å². The Kier molecular flexibility index (Phi) is 18.0. The summed E-state index contributed by atoms with van der Waals surface area (Å²) in [5.41, 5.74) is -1.40. The van der Waals surface area contributed by atoms with E-state index in [1.54, 1.807) is 0 Å². The van der Waals surface area contributed by atoms with Gasteiger partial charge in [0.05, 0.1) is 18.8 Å². The Labute approximate surface area is 165 Å². The van der Waals surface area contributed by atoms with Crippen molar-refractivity contribution in [2.24, 2.45) is 0 Å². The van der Waals surface area contributed by atoms with Crippen LogP contribution in [-0.4, -0.2) is 29.9 Å². The summed E-state index contributed by atoms with van der Waals surface area (Å²) in [5.74, 6) is -3.02. The van der Waals surface area contributed by atoms with Crippen LogP contribution < -0.4 is 69.3 Å². The Morgan fingerprint density at radius 2 is 1.40 bits per heavy atom. The molecule has 0 aromatic carbocycles. The van der Waals surface area contributed by atoms with Crippen molar-refractivity contribution in [3.63, 3.8) is 0 Å². The van der Waals surface area contributed by atoms with E-state index in [0.717, 1.165) is 12.8 Å². The summed E-state index contributed by atoms with van der Waals surface area (Å²) in [6, 6.07) is 0. The summed E-state index contributed by atoms with van der Waals surface area (Å²) >= 11 is 0. The van der Waals surface area contributed by atoms with E-state index in [2.05, 4.69) is 0 Å². The normalized spacial score (nSPS) is 11.9. The number of carbonyl (C=O) groups is 2. The molecule has 8 heteroatoms. The number of unbranched alkanes of at least 4 members (excludes halogenated alkanes) is 2. The fourth-order valence-electron chi connectivity index (χ4n) is 1.87. The fourth-order valence-corrected chi connectivity index (χ4v) is 5.29. The molecule has 0 heterocycles. The Balaban J connectivity index is -0.00000144. The summed E-state index contributed by atoms with van der Waals surface area (Å²) in [6.07, 6.45) is 2.69. The van der Waals surface area contributed by atoms with Gasteiger partial charge in [-0.1, -0.05) is 26.7 Å². The average Bonchev–Trinajstić information content (AvgIpc) is 2.30. The first-order chi connectivity index (χ1) is 8.37. The van der Waals surface area contributed by atoms with Crippen LogP contribution in [0.25, 0.3) is 0 Å². The first-order valence-electron chi connectivity index (χ1n) is 6.35. The molecular formula is C12H21Na2O5P. The third-order valence-corrected chi connectivity index (χ3v) is 6.66. The van der Waals surface area contributed by atoms with Gasteiger partial charge in [-0.3, -0.25) is 0 Å². The standard InChI is InChI=1S/C12H23O5P.2Na/c1-3-5-7-18(17,8-6-4-2)10(12(15)16)9-11(13)14;;/h10H,3-9H2,1-2H3,(H,13,14)(H,15,16);;/q;2*+1/p-2. The van der Waals surface area contributed by atoms with E-state index in [1.807, 2.05) is 13.8 Å². The van der Waals surface area contributed by atoms with Crippen molar-refractivity contribution in [3.05, 3.63) is 0 Å².